The number of carbonyl (C=O) groups excluding carboxylic acids is 1. The van der Waals surface area contributed by atoms with Crippen LogP contribution in [0, 0.1) is 0 Å². The second kappa shape index (κ2) is 6.61. The van der Waals surface area contributed by atoms with E-state index in [4.69, 9.17) is 10.5 Å². The van der Waals surface area contributed by atoms with Gasteiger partial charge in [-0.05, 0) is 32.0 Å². The number of nitrogens with two attached hydrogens (primary N) is 1. The van der Waals surface area contributed by atoms with Crippen molar-refractivity contribution in [2.45, 2.75) is 20.0 Å². The third-order valence-electron chi connectivity index (χ3n) is 2.26. The van der Waals surface area contributed by atoms with Gasteiger partial charge in [0.2, 0.25) is 0 Å². The van der Waals surface area contributed by atoms with Crippen LogP contribution in [0.3, 0.4) is 0 Å². The summed E-state index contributed by atoms with van der Waals surface area (Å²) in [6, 6.07) is 5.19. The van der Waals surface area contributed by atoms with Crippen LogP contribution in [0.5, 0.6) is 0 Å². The molecular weight excluding hydrogens is 284 g/mol. The van der Waals surface area contributed by atoms with E-state index in [2.05, 4.69) is 21.2 Å². The van der Waals surface area contributed by atoms with Crippen molar-refractivity contribution in [2.24, 2.45) is 0 Å². The Morgan fingerprint density at radius 1 is 1.59 bits per heavy atom. The third kappa shape index (κ3) is 4.36. The zero-order valence-corrected chi connectivity index (χ0v) is 11.6. The van der Waals surface area contributed by atoms with Crippen LogP contribution in [0.1, 0.15) is 24.2 Å². The average molecular weight is 301 g/mol. The summed E-state index contributed by atoms with van der Waals surface area (Å²) in [6.45, 7) is 4.94. The first-order valence-corrected chi connectivity index (χ1v) is 6.28. The highest BCUT2D eigenvalue weighted by Gasteiger charge is 2.10. The van der Waals surface area contributed by atoms with Crippen LogP contribution in [0.2, 0.25) is 0 Å². The Hall–Kier alpha value is -1.07. The molecule has 17 heavy (non-hydrogen) atoms. The van der Waals surface area contributed by atoms with Crippen molar-refractivity contribution in [3.05, 3.63) is 28.2 Å². The van der Waals surface area contributed by atoms with Gasteiger partial charge in [-0.1, -0.05) is 15.9 Å². The van der Waals surface area contributed by atoms with E-state index in [0.717, 1.165) is 4.47 Å². The number of amides is 1. The fourth-order valence-electron chi connectivity index (χ4n) is 1.42. The van der Waals surface area contributed by atoms with Crippen molar-refractivity contribution in [3.8, 4) is 0 Å². The third-order valence-corrected chi connectivity index (χ3v) is 2.75. The first-order valence-electron chi connectivity index (χ1n) is 5.49. The Balaban J connectivity index is 2.58. The first-order chi connectivity index (χ1) is 8.04. The highest BCUT2D eigenvalue weighted by molar-refractivity contribution is 9.10. The summed E-state index contributed by atoms with van der Waals surface area (Å²) in [5.41, 5.74) is 6.71. The summed E-state index contributed by atoms with van der Waals surface area (Å²) >= 11 is 3.30. The second-order valence-corrected chi connectivity index (χ2v) is 4.62. The number of benzene rings is 1. The van der Waals surface area contributed by atoms with Gasteiger partial charge in [-0.25, -0.2) is 0 Å². The predicted octanol–water partition coefficient (Wildman–Crippen LogP) is 2.19. The summed E-state index contributed by atoms with van der Waals surface area (Å²) in [7, 11) is 0. The minimum Gasteiger partial charge on any atom is -0.398 e. The van der Waals surface area contributed by atoms with E-state index in [-0.39, 0.29) is 12.0 Å². The highest BCUT2D eigenvalue weighted by Crippen LogP contribution is 2.18. The zero-order valence-electron chi connectivity index (χ0n) is 10.00. The second-order valence-electron chi connectivity index (χ2n) is 3.71. The summed E-state index contributed by atoms with van der Waals surface area (Å²) in [5.74, 6) is -0.179. The van der Waals surface area contributed by atoms with Crippen molar-refractivity contribution in [1.82, 2.24) is 5.32 Å². The maximum atomic E-state index is 11.8. The maximum absolute atomic E-state index is 11.8. The van der Waals surface area contributed by atoms with Crippen molar-refractivity contribution in [2.75, 3.05) is 18.9 Å². The van der Waals surface area contributed by atoms with E-state index in [1.54, 1.807) is 18.2 Å². The fraction of sp³-hybridized carbons (Fsp3) is 0.417. The lowest BCUT2D eigenvalue weighted by atomic mass is 10.1. The summed E-state index contributed by atoms with van der Waals surface area (Å²) < 4.78 is 6.18. The molecule has 0 spiro atoms. The number of hydrogen-bond acceptors (Lipinski definition) is 3. The molecule has 0 fully saturated rings. The molecule has 0 saturated carbocycles. The van der Waals surface area contributed by atoms with Crippen LogP contribution in [0.4, 0.5) is 5.69 Å². The van der Waals surface area contributed by atoms with Gasteiger partial charge in [-0.3, -0.25) is 4.79 Å². The molecule has 0 bridgehead atoms. The van der Waals surface area contributed by atoms with E-state index < -0.39 is 0 Å². The number of nitrogens with one attached hydrogen (secondary N) is 1. The van der Waals surface area contributed by atoms with Crippen molar-refractivity contribution in [3.63, 3.8) is 0 Å². The predicted molar refractivity (Wildman–Crippen MR) is 72.0 cm³/mol. The van der Waals surface area contributed by atoms with Gasteiger partial charge < -0.3 is 15.8 Å². The number of anilines is 1. The summed E-state index contributed by atoms with van der Waals surface area (Å²) in [4.78, 5) is 11.8. The summed E-state index contributed by atoms with van der Waals surface area (Å²) in [5, 5.41) is 2.78. The van der Waals surface area contributed by atoms with E-state index >= 15 is 0 Å². The monoisotopic (exact) mass is 300 g/mol. The van der Waals surface area contributed by atoms with Gasteiger partial charge in [0.15, 0.2) is 0 Å². The van der Waals surface area contributed by atoms with E-state index in [1.807, 2.05) is 13.8 Å². The van der Waals surface area contributed by atoms with Crippen LogP contribution >= 0.6 is 15.9 Å². The minimum atomic E-state index is -0.179. The van der Waals surface area contributed by atoms with Crippen LogP contribution < -0.4 is 11.1 Å². The smallest absolute Gasteiger partial charge is 0.253 e. The van der Waals surface area contributed by atoms with Crippen molar-refractivity contribution >= 4 is 27.5 Å². The Kier molecular flexibility index (Phi) is 5.44. The van der Waals surface area contributed by atoms with Gasteiger partial charge in [0.05, 0.1) is 11.7 Å². The minimum absolute atomic E-state index is 0.000577. The normalized spacial score (nSPS) is 12.2. The molecule has 1 aromatic carbocycles. The number of halogens is 1. The molecule has 5 heteroatoms. The molecule has 3 N–H and O–H groups in total. The molecule has 1 aromatic rings. The lowest BCUT2D eigenvalue weighted by molar-refractivity contribution is 0.0695. The van der Waals surface area contributed by atoms with Crippen molar-refractivity contribution < 1.29 is 9.53 Å². The van der Waals surface area contributed by atoms with Crippen LogP contribution in [-0.4, -0.2) is 25.2 Å². The number of carbonyl (C=O) groups is 1. The molecule has 4 nitrogen and oxygen atoms in total. The van der Waals surface area contributed by atoms with Crippen LogP contribution in [-0.2, 0) is 4.74 Å². The average Bonchev–Trinajstić information content (AvgIpc) is 2.26. The molecule has 1 atom stereocenters. The largest absolute Gasteiger partial charge is 0.398 e. The van der Waals surface area contributed by atoms with E-state index in [1.165, 1.54) is 0 Å². The standard InChI is InChI=1S/C12H17BrN2O2/c1-3-17-8(2)7-15-12(16)10-5-4-9(13)6-11(10)14/h4-6,8H,3,7,14H2,1-2H3,(H,15,16). The molecule has 94 valence electrons. The lowest BCUT2D eigenvalue weighted by Gasteiger charge is -2.13. The van der Waals surface area contributed by atoms with Gasteiger partial charge >= 0.3 is 0 Å². The van der Waals surface area contributed by atoms with Crippen LogP contribution in [0.25, 0.3) is 0 Å². The molecule has 0 aliphatic carbocycles. The molecular formula is C12H17BrN2O2. The molecule has 0 aliphatic heterocycles. The van der Waals surface area contributed by atoms with Crippen LogP contribution in [0.15, 0.2) is 22.7 Å². The maximum Gasteiger partial charge on any atom is 0.253 e. The highest BCUT2D eigenvalue weighted by atomic mass is 79.9. The molecule has 0 saturated heterocycles. The van der Waals surface area contributed by atoms with Gasteiger partial charge in [0.1, 0.15) is 0 Å². The molecule has 0 aromatic heterocycles. The fourth-order valence-corrected chi connectivity index (χ4v) is 1.79. The Morgan fingerprint density at radius 3 is 2.88 bits per heavy atom. The molecule has 0 radical (unpaired) electrons. The van der Waals surface area contributed by atoms with E-state index in [9.17, 15) is 4.79 Å². The zero-order chi connectivity index (χ0) is 12.8. The molecule has 1 amide bonds. The van der Waals surface area contributed by atoms with Gasteiger partial charge in [0, 0.05) is 23.3 Å². The topological polar surface area (TPSA) is 64.3 Å². The quantitative estimate of drug-likeness (QED) is 0.819. The van der Waals surface area contributed by atoms with Gasteiger partial charge in [0.25, 0.3) is 5.91 Å². The van der Waals surface area contributed by atoms with Gasteiger partial charge in [-0.2, -0.15) is 0 Å². The molecule has 1 unspecified atom stereocenters. The number of nitrogen functional groups attached to an aromatic ring is 1. The molecule has 1 rings (SSSR count). The number of rotatable bonds is 5. The van der Waals surface area contributed by atoms with E-state index in [0.29, 0.717) is 24.4 Å². The Bertz CT molecular complexity index is 396. The van der Waals surface area contributed by atoms with Crippen molar-refractivity contribution in [1.29, 1.82) is 0 Å². The summed E-state index contributed by atoms with van der Waals surface area (Å²) in [6.07, 6.45) is 0.000577. The molecule has 0 heterocycles. The lowest BCUT2D eigenvalue weighted by Crippen LogP contribution is -2.32. The van der Waals surface area contributed by atoms with Gasteiger partial charge in [-0.15, -0.1) is 0 Å². The number of hydrogen-bond donors (Lipinski definition) is 2. The Labute approximate surface area is 110 Å². The molecule has 0 aliphatic rings. The first kappa shape index (κ1) is 14.0. The SMILES string of the molecule is CCOC(C)CNC(=O)c1ccc(Br)cc1N. The Morgan fingerprint density at radius 2 is 2.29 bits per heavy atom. The number of ether oxygens (including phenoxy) is 1.